The third-order valence-corrected chi connectivity index (χ3v) is 3.51. The first-order valence-corrected chi connectivity index (χ1v) is 5.68. The van der Waals surface area contributed by atoms with E-state index in [2.05, 4.69) is 5.32 Å². The van der Waals surface area contributed by atoms with Gasteiger partial charge in [-0.3, -0.25) is 9.59 Å². The van der Waals surface area contributed by atoms with E-state index in [9.17, 15) is 9.59 Å². The van der Waals surface area contributed by atoms with Gasteiger partial charge in [0.1, 0.15) is 5.92 Å². The van der Waals surface area contributed by atoms with E-state index in [1.54, 1.807) is 6.92 Å². The summed E-state index contributed by atoms with van der Waals surface area (Å²) in [5.74, 6) is -0.329. The van der Waals surface area contributed by atoms with Gasteiger partial charge in [-0.25, -0.2) is 0 Å². The summed E-state index contributed by atoms with van der Waals surface area (Å²) in [4.78, 5) is 23.3. The summed E-state index contributed by atoms with van der Waals surface area (Å²) in [6, 6.07) is 0. The molecular weight excluding hydrogens is 194 g/mol. The molecule has 1 heterocycles. The molecule has 1 aliphatic heterocycles. The fraction of sp³-hybridized carbons (Fsp3) is 0.818. The molecule has 4 nitrogen and oxygen atoms in total. The number of esters is 1. The largest absolute Gasteiger partial charge is 0.465 e. The second-order valence-electron chi connectivity index (χ2n) is 4.33. The molecule has 15 heavy (non-hydrogen) atoms. The van der Waals surface area contributed by atoms with Crippen molar-refractivity contribution in [2.24, 2.45) is 17.8 Å². The van der Waals surface area contributed by atoms with Gasteiger partial charge in [-0.1, -0.05) is 6.42 Å². The second-order valence-corrected chi connectivity index (χ2v) is 4.33. The van der Waals surface area contributed by atoms with Crippen molar-refractivity contribution in [3.05, 3.63) is 0 Å². The molecule has 1 amide bonds. The Hall–Kier alpha value is -1.06. The normalized spacial score (nSPS) is 34.5. The van der Waals surface area contributed by atoms with Crippen LogP contribution in [0.3, 0.4) is 0 Å². The van der Waals surface area contributed by atoms with Gasteiger partial charge >= 0.3 is 5.97 Å². The predicted octanol–water partition coefficient (Wildman–Crippen LogP) is 0.712. The van der Waals surface area contributed by atoms with Crippen LogP contribution in [0.5, 0.6) is 0 Å². The summed E-state index contributed by atoms with van der Waals surface area (Å²) in [6.45, 7) is 2.85. The number of amides is 1. The molecule has 4 heteroatoms. The average molecular weight is 211 g/mol. The number of hydrogen-bond acceptors (Lipinski definition) is 3. The van der Waals surface area contributed by atoms with Gasteiger partial charge in [0.2, 0.25) is 5.91 Å². The minimum atomic E-state index is -0.550. The molecule has 0 aromatic carbocycles. The Labute approximate surface area is 89.4 Å². The van der Waals surface area contributed by atoms with Gasteiger partial charge in [-0.2, -0.15) is 0 Å². The highest BCUT2D eigenvalue weighted by atomic mass is 16.5. The Morgan fingerprint density at radius 1 is 1.53 bits per heavy atom. The maximum absolute atomic E-state index is 11.7. The Kier molecular flexibility index (Phi) is 2.93. The molecule has 1 saturated carbocycles. The van der Waals surface area contributed by atoms with E-state index >= 15 is 0 Å². The topological polar surface area (TPSA) is 55.4 Å². The van der Waals surface area contributed by atoms with Gasteiger partial charge in [0.05, 0.1) is 6.61 Å². The van der Waals surface area contributed by atoms with Crippen LogP contribution in [0, 0.1) is 17.8 Å². The maximum atomic E-state index is 11.7. The van der Waals surface area contributed by atoms with E-state index in [0.717, 1.165) is 25.8 Å². The highest BCUT2D eigenvalue weighted by Crippen LogP contribution is 2.39. The van der Waals surface area contributed by atoms with Crippen LogP contribution in [0.2, 0.25) is 0 Å². The van der Waals surface area contributed by atoms with E-state index < -0.39 is 5.92 Å². The van der Waals surface area contributed by atoms with Crippen molar-refractivity contribution in [2.75, 3.05) is 13.2 Å². The van der Waals surface area contributed by atoms with Crippen LogP contribution in [0.4, 0.5) is 0 Å². The van der Waals surface area contributed by atoms with Crippen molar-refractivity contribution in [3.8, 4) is 0 Å². The smallest absolute Gasteiger partial charge is 0.318 e. The lowest BCUT2D eigenvalue weighted by molar-refractivity contribution is -0.156. The molecule has 1 saturated heterocycles. The number of hydrogen-bond donors (Lipinski definition) is 1. The fourth-order valence-electron chi connectivity index (χ4n) is 2.81. The molecule has 3 atom stereocenters. The Morgan fingerprint density at radius 2 is 2.33 bits per heavy atom. The summed E-state index contributed by atoms with van der Waals surface area (Å²) < 4.78 is 4.96. The minimum Gasteiger partial charge on any atom is -0.465 e. The Bertz CT molecular complexity index is 277. The molecule has 0 spiro atoms. The zero-order valence-corrected chi connectivity index (χ0v) is 8.99. The molecule has 1 aliphatic carbocycles. The molecule has 2 aliphatic rings. The lowest BCUT2D eigenvalue weighted by Gasteiger charge is -2.31. The first kappa shape index (κ1) is 10.5. The molecule has 0 aromatic rings. The monoisotopic (exact) mass is 211 g/mol. The van der Waals surface area contributed by atoms with Gasteiger partial charge in [-0.15, -0.1) is 0 Å². The van der Waals surface area contributed by atoms with E-state index in [4.69, 9.17) is 4.74 Å². The number of piperidine rings is 1. The van der Waals surface area contributed by atoms with Gasteiger partial charge in [0.15, 0.2) is 0 Å². The second kappa shape index (κ2) is 4.21. The third-order valence-electron chi connectivity index (χ3n) is 3.51. The quantitative estimate of drug-likeness (QED) is 0.540. The third kappa shape index (κ3) is 1.85. The van der Waals surface area contributed by atoms with Crippen molar-refractivity contribution in [2.45, 2.75) is 26.2 Å². The Balaban J connectivity index is 2.11. The number of fused-ring (bicyclic) bond motifs is 1. The van der Waals surface area contributed by atoms with Gasteiger partial charge in [-0.05, 0) is 31.6 Å². The summed E-state index contributed by atoms with van der Waals surface area (Å²) in [7, 11) is 0. The Morgan fingerprint density at radius 3 is 3.07 bits per heavy atom. The SMILES string of the molecule is CCOC(=O)[C@@H]1C(=O)NC[C@@H]2CCC[C@H]21. The molecule has 1 N–H and O–H groups in total. The fourth-order valence-corrected chi connectivity index (χ4v) is 2.81. The van der Waals surface area contributed by atoms with E-state index in [1.165, 1.54) is 0 Å². The number of carbonyl (C=O) groups excluding carboxylic acids is 2. The van der Waals surface area contributed by atoms with Gasteiger partial charge in [0.25, 0.3) is 0 Å². The minimum absolute atomic E-state index is 0.142. The van der Waals surface area contributed by atoms with Crippen LogP contribution in [0.15, 0.2) is 0 Å². The van der Waals surface area contributed by atoms with E-state index in [-0.39, 0.29) is 17.8 Å². The van der Waals surface area contributed by atoms with Crippen molar-refractivity contribution in [1.82, 2.24) is 5.32 Å². The summed E-state index contributed by atoms with van der Waals surface area (Å²) in [5, 5.41) is 2.80. The number of nitrogens with one attached hydrogen (secondary N) is 1. The highest BCUT2D eigenvalue weighted by molar-refractivity contribution is 5.98. The average Bonchev–Trinajstić information content (AvgIpc) is 2.65. The van der Waals surface area contributed by atoms with Crippen LogP contribution in [0.1, 0.15) is 26.2 Å². The zero-order valence-electron chi connectivity index (χ0n) is 8.99. The van der Waals surface area contributed by atoms with Crippen LogP contribution >= 0.6 is 0 Å². The summed E-state index contributed by atoms with van der Waals surface area (Å²) in [6.07, 6.45) is 3.24. The molecule has 0 unspecified atom stereocenters. The molecule has 0 aromatic heterocycles. The molecule has 0 radical (unpaired) electrons. The summed E-state index contributed by atoms with van der Waals surface area (Å²) in [5.41, 5.74) is 0. The van der Waals surface area contributed by atoms with Crippen LogP contribution in [0.25, 0.3) is 0 Å². The predicted molar refractivity (Wildman–Crippen MR) is 54.0 cm³/mol. The standard InChI is InChI=1S/C11H17NO3/c1-2-15-11(14)9-8-5-3-4-7(8)6-12-10(9)13/h7-9H,2-6H2,1H3,(H,12,13)/t7-,8+,9-/m0/s1. The van der Waals surface area contributed by atoms with Crippen molar-refractivity contribution in [1.29, 1.82) is 0 Å². The van der Waals surface area contributed by atoms with Crippen molar-refractivity contribution < 1.29 is 14.3 Å². The van der Waals surface area contributed by atoms with Crippen molar-refractivity contribution in [3.63, 3.8) is 0 Å². The lowest BCUT2D eigenvalue weighted by Crippen LogP contribution is -2.49. The first-order valence-electron chi connectivity index (χ1n) is 5.68. The van der Waals surface area contributed by atoms with Crippen molar-refractivity contribution >= 4 is 11.9 Å². The molecule has 84 valence electrons. The molecule has 0 bridgehead atoms. The molecular formula is C11H17NO3. The number of rotatable bonds is 2. The molecule has 2 rings (SSSR count). The van der Waals surface area contributed by atoms with Crippen LogP contribution in [-0.2, 0) is 14.3 Å². The first-order chi connectivity index (χ1) is 7.24. The maximum Gasteiger partial charge on any atom is 0.318 e. The highest BCUT2D eigenvalue weighted by Gasteiger charge is 2.45. The van der Waals surface area contributed by atoms with Gasteiger partial charge in [0, 0.05) is 6.54 Å². The molecule has 2 fully saturated rings. The van der Waals surface area contributed by atoms with Crippen LogP contribution < -0.4 is 5.32 Å². The van der Waals surface area contributed by atoms with E-state index in [0.29, 0.717) is 12.5 Å². The van der Waals surface area contributed by atoms with E-state index in [1.807, 2.05) is 0 Å². The van der Waals surface area contributed by atoms with Gasteiger partial charge < -0.3 is 10.1 Å². The number of carbonyl (C=O) groups is 2. The zero-order chi connectivity index (χ0) is 10.8. The summed E-state index contributed by atoms with van der Waals surface area (Å²) >= 11 is 0. The lowest BCUT2D eigenvalue weighted by atomic mass is 9.80. The van der Waals surface area contributed by atoms with Crippen LogP contribution in [-0.4, -0.2) is 25.0 Å². The number of ether oxygens (including phenoxy) is 1.